The Morgan fingerprint density at radius 1 is 0.969 bits per heavy atom. The molecule has 0 bridgehead atoms. The minimum atomic E-state index is -3.71. The number of carbonyl (C=O) groups is 2. The topological polar surface area (TPSA) is 86.8 Å². The van der Waals surface area contributed by atoms with E-state index in [0.29, 0.717) is 25.1 Å². The molecule has 1 atom stereocenters. The van der Waals surface area contributed by atoms with Crippen molar-refractivity contribution in [1.82, 2.24) is 10.2 Å². The van der Waals surface area contributed by atoms with Crippen LogP contribution < -0.4 is 9.62 Å². The van der Waals surface area contributed by atoms with Gasteiger partial charge >= 0.3 is 0 Å². The van der Waals surface area contributed by atoms with Crippen LogP contribution in [0.5, 0.6) is 0 Å². The number of nitrogens with one attached hydrogen (secondary N) is 1. The van der Waals surface area contributed by atoms with Crippen LogP contribution in [0.3, 0.4) is 0 Å². The number of hydrogen-bond donors (Lipinski definition) is 1. The Kier molecular flexibility index (Phi) is 9.26. The maximum Gasteiger partial charge on any atom is 0.244 e. The van der Waals surface area contributed by atoms with E-state index in [9.17, 15) is 18.0 Å². The molecular formula is C24H33N3O4S. The molecule has 7 nitrogen and oxygen atoms in total. The summed E-state index contributed by atoms with van der Waals surface area (Å²) in [5, 5.41) is 2.61. The van der Waals surface area contributed by atoms with Gasteiger partial charge in [-0.3, -0.25) is 13.9 Å². The van der Waals surface area contributed by atoms with Gasteiger partial charge in [0.1, 0.15) is 12.6 Å². The Hall–Kier alpha value is -2.87. The fraction of sp³-hybridized carbons (Fsp3) is 0.417. The zero-order valence-corrected chi connectivity index (χ0v) is 20.1. The molecule has 0 spiro atoms. The van der Waals surface area contributed by atoms with Crippen LogP contribution in [-0.2, 0) is 32.5 Å². The molecule has 1 N–H and O–H groups in total. The van der Waals surface area contributed by atoms with E-state index in [1.54, 1.807) is 12.1 Å². The van der Waals surface area contributed by atoms with Crippen LogP contribution >= 0.6 is 0 Å². The Morgan fingerprint density at radius 3 is 2.09 bits per heavy atom. The fourth-order valence-electron chi connectivity index (χ4n) is 3.57. The van der Waals surface area contributed by atoms with Crippen molar-refractivity contribution in [3.63, 3.8) is 0 Å². The molecule has 2 aromatic carbocycles. The average Bonchev–Trinajstić information content (AvgIpc) is 2.79. The number of hydrogen-bond acceptors (Lipinski definition) is 4. The normalized spacial score (nSPS) is 12.1. The van der Waals surface area contributed by atoms with Crippen LogP contribution in [0.4, 0.5) is 5.69 Å². The summed E-state index contributed by atoms with van der Waals surface area (Å²) in [5.74, 6) is -0.687. The lowest BCUT2D eigenvalue weighted by Crippen LogP contribution is -2.52. The molecule has 0 saturated carbocycles. The molecule has 0 heterocycles. The third-order valence-corrected chi connectivity index (χ3v) is 6.57. The standard InChI is InChI=1S/C24H33N3O4S/c1-5-19-12-14-21(15-13-19)27(32(4,30)31)18-23(28)26(22(6-2)24(29)25-3)17-16-20-10-8-7-9-11-20/h7-15,22H,5-6,16-18H2,1-4H3,(H,25,29). The number of sulfonamides is 1. The van der Waals surface area contributed by atoms with Gasteiger partial charge in [0, 0.05) is 13.6 Å². The molecule has 2 rings (SSSR count). The van der Waals surface area contributed by atoms with Gasteiger partial charge in [-0.05, 0) is 42.5 Å². The summed E-state index contributed by atoms with van der Waals surface area (Å²) >= 11 is 0. The van der Waals surface area contributed by atoms with Gasteiger partial charge in [-0.2, -0.15) is 0 Å². The van der Waals surface area contributed by atoms with Crippen molar-refractivity contribution in [2.24, 2.45) is 0 Å². The first-order valence-electron chi connectivity index (χ1n) is 10.8. The summed E-state index contributed by atoms with van der Waals surface area (Å²) in [7, 11) is -2.18. The summed E-state index contributed by atoms with van der Waals surface area (Å²) in [6.45, 7) is 3.79. The van der Waals surface area contributed by atoms with Crippen LogP contribution in [0.1, 0.15) is 31.4 Å². The van der Waals surface area contributed by atoms with Gasteiger partial charge in [-0.1, -0.05) is 56.3 Å². The van der Waals surface area contributed by atoms with Crippen molar-refractivity contribution in [2.75, 3.05) is 30.7 Å². The van der Waals surface area contributed by atoms with E-state index in [1.165, 1.54) is 11.9 Å². The number of carbonyl (C=O) groups excluding carboxylic acids is 2. The average molecular weight is 460 g/mol. The second kappa shape index (κ2) is 11.7. The predicted molar refractivity (Wildman–Crippen MR) is 128 cm³/mol. The van der Waals surface area contributed by atoms with Gasteiger partial charge in [0.25, 0.3) is 0 Å². The number of likely N-dealkylation sites (N-methyl/N-ethyl adjacent to an activating group) is 1. The van der Waals surface area contributed by atoms with E-state index >= 15 is 0 Å². The highest BCUT2D eigenvalue weighted by Crippen LogP contribution is 2.20. The van der Waals surface area contributed by atoms with Crippen molar-refractivity contribution in [3.05, 3.63) is 65.7 Å². The van der Waals surface area contributed by atoms with E-state index in [1.807, 2.05) is 56.3 Å². The van der Waals surface area contributed by atoms with Gasteiger partial charge in [0.2, 0.25) is 21.8 Å². The summed E-state index contributed by atoms with van der Waals surface area (Å²) in [5.41, 5.74) is 2.53. The number of aryl methyl sites for hydroxylation is 1. The predicted octanol–water partition coefficient (Wildman–Crippen LogP) is 2.61. The van der Waals surface area contributed by atoms with E-state index in [-0.39, 0.29) is 12.5 Å². The van der Waals surface area contributed by atoms with Gasteiger partial charge in [-0.25, -0.2) is 8.42 Å². The molecule has 0 fully saturated rings. The molecule has 32 heavy (non-hydrogen) atoms. The number of nitrogens with zero attached hydrogens (tertiary/aromatic N) is 2. The highest BCUT2D eigenvalue weighted by Gasteiger charge is 2.30. The molecule has 0 radical (unpaired) electrons. The van der Waals surface area contributed by atoms with Gasteiger partial charge in [0.05, 0.1) is 11.9 Å². The van der Waals surface area contributed by atoms with Crippen molar-refractivity contribution < 1.29 is 18.0 Å². The second-order valence-electron chi connectivity index (χ2n) is 7.65. The van der Waals surface area contributed by atoms with Crippen LogP contribution in [-0.4, -0.2) is 57.6 Å². The number of rotatable bonds is 11. The van der Waals surface area contributed by atoms with Crippen molar-refractivity contribution in [2.45, 2.75) is 39.2 Å². The SMILES string of the molecule is CCc1ccc(N(CC(=O)N(CCc2ccccc2)C(CC)C(=O)NC)S(C)(=O)=O)cc1. The minimum Gasteiger partial charge on any atom is -0.357 e. The van der Waals surface area contributed by atoms with E-state index < -0.39 is 22.0 Å². The summed E-state index contributed by atoms with van der Waals surface area (Å²) in [4.78, 5) is 27.4. The number of benzene rings is 2. The Balaban J connectivity index is 2.32. The van der Waals surface area contributed by atoms with E-state index in [2.05, 4.69) is 5.32 Å². The third-order valence-electron chi connectivity index (χ3n) is 5.43. The first-order valence-corrected chi connectivity index (χ1v) is 12.7. The van der Waals surface area contributed by atoms with Crippen LogP contribution in [0, 0.1) is 0 Å². The summed E-state index contributed by atoms with van der Waals surface area (Å²) in [6.07, 6.45) is 2.89. The lowest BCUT2D eigenvalue weighted by Gasteiger charge is -2.32. The van der Waals surface area contributed by atoms with Crippen LogP contribution in [0.15, 0.2) is 54.6 Å². The molecule has 0 saturated heterocycles. The monoisotopic (exact) mass is 459 g/mol. The van der Waals surface area contributed by atoms with Gasteiger partial charge in [0.15, 0.2) is 0 Å². The molecule has 2 amide bonds. The molecule has 0 aliphatic rings. The highest BCUT2D eigenvalue weighted by atomic mass is 32.2. The molecular weight excluding hydrogens is 426 g/mol. The highest BCUT2D eigenvalue weighted by molar-refractivity contribution is 7.92. The van der Waals surface area contributed by atoms with Crippen molar-refractivity contribution >= 4 is 27.5 Å². The zero-order valence-electron chi connectivity index (χ0n) is 19.2. The molecule has 2 aromatic rings. The first-order chi connectivity index (χ1) is 15.2. The molecule has 0 aliphatic carbocycles. The maximum absolute atomic E-state index is 13.4. The molecule has 0 aliphatic heterocycles. The summed E-state index contributed by atoms with van der Waals surface area (Å²) in [6, 6.07) is 16.1. The van der Waals surface area contributed by atoms with Gasteiger partial charge < -0.3 is 10.2 Å². The van der Waals surface area contributed by atoms with Crippen LogP contribution in [0.2, 0.25) is 0 Å². The molecule has 1 unspecified atom stereocenters. The Bertz CT molecular complexity index is 992. The van der Waals surface area contributed by atoms with Crippen molar-refractivity contribution in [3.8, 4) is 0 Å². The van der Waals surface area contributed by atoms with Gasteiger partial charge in [-0.15, -0.1) is 0 Å². The second-order valence-corrected chi connectivity index (χ2v) is 9.56. The Labute approximate surface area is 191 Å². The maximum atomic E-state index is 13.4. The number of anilines is 1. The lowest BCUT2D eigenvalue weighted by atomic mass is 10.1. The van der Waals surface area contributed by atoms with Crippen molar-refractivity contribution in [1.29, 1.82) is 0 Å². The van der Waals surface area contributed by atoms with Crippen LogP contribution in [0.25, 0.3) is 0 Å². The zero-order chi connectivity index (χ0) is 23.7. The summed E-state index contributed by atoms with van der Waals surface area (Å²) < 4.78 is 26.2. The minimum absolute atomic E-state index is 0.271. The Morgan fingerprint density at radius 2 is 1.59 bits per heavy atom. The third kappa shape index (κ3) is 6.82. The fourth-order valence-corrected chi connectivity index (χ4v) is 4.42. The molecule has 8 heteroatoms. The molecule has 174 valence electrons. The smallest absolute Gasteiger partial charge is 0.244 e. The number of amides is 2. The quantitative estimate of drug-likeness (QED) is 0.560. The van der Waals surface area contributed by atoms with E-state index in [4.69, 9.17) is 0 Å². The first kappa shape index (κ1) is 25.4. The lowest BCUT2D eigenvalue weighted by molar-refractivity contribution is -0.139. The molecule has 0 aromatic heterocycles. The van der Waals surface area contributed by atoms with E-state index in [0.717, 1.165) is 28.1 Å². The largest absolute Gasteiger partial charge is 0.357 e.